The number of carbonyl (C=O) groups excluding carboxylic acids is 1. The third-order valence-corrected chi connectivity index (χ3v) is 3.79. The van der Waals surface area contributed by atoms with Crippen LogP contribution in [0.15, 0.2) is 12.1 Å². The Morgan fingerprint density at radius 3 is 2.89 bits per heavy atom. The zero-order valence-corrected chi connectivity index (χ0v) is 11.6. The van der Waals surface area contributed by atoms with Crippen molar-refractivity contribution in [2.45, 2.75) is 33.1 Å². The number of aryl methyl sites for hydroxylation is 1. The molecule has 1 unspecified atom stereocenters. The Morgan fingerprint density at radius 2 is 2.32 bits per heavy atom. The van der Waals surface area contributed by atoms with Gasteiger partial charge in [0.15, 0.2) is 0 Å². The van der Waals surface area contributed by atoms with Crippen molar-refractivity contribution in [2.24, 2.45) is 11.8 Å². The molecule has 0 spiro atoms. The molecule has 19 heavy (non-hydrogen) atoms. The first-order valence-corrected chi connectivity index (χ1v) is 6.94. The fourth-order valence-electron chi connectivity index (χ4n) is 2.50. The Morgan fingerprint density at radius 1 is 1.53 bits per heavy atom. The molecule has 0 aromatic carbocycles. The topological polar surface area (TPSA) is 71.2 Å². The molecule has 1 aliphatic rings. The summed E-state index contributed by atoms with van der Waals surface area (Å²) >= 11 is 0. The SMILES string of the molecule is CCc1cc(C(=O)N2CCC(CC)C2)cc(NN)n1. The van der Waals surface area contributed by atoms with Crippen molar-refractivity contribution in [1.29, 1.82) is 0 Å². The number of hydrogen-bond donors (Lipinski definition) is 2. The Labute approximate surface area is 114 Å². The Hall–Kier alpha value is -1.62. The van der Waals surface area contributed by atoms with Crippen LogP contribution in [0.1, 0.15) is 42.7 Å². The molecule has 2 rings (SSSR count). The van der Waals surface area contributed by atoms with Crippen molar-refractivity contribution in [3.63, 3.8) is 0 Å². The maximum atomic E-state index is 12.5. The maximum absolute atomic E-state index is 12.5. The second-order valence-electron chi connectivity index (χ2n) is 5.04. The van der Waals surface area contributed by atoms with Crippen LogP contribution in [0.2, 0.25) is 0 Å². The molecule has 0 radical (unpaired) electrons. The fourth-order valence-corrected chi connectivity index (χ4v) is 2.50. The standard InChI is InChI=1S/C14H22N4O/c1-3-10-5-6-18(9-10)14(19)11-7-12(4-2)16-13(8-11)17-15/h7-8,10H,3-6,9,15H2,1-2H3,(H,16,17). The highest BCUT2D eigenvalue weighted by molar-refractivity contribution is 5.95. The summed E-state index contributed by atoms with van der Waals surface area (Å²) in [4.78, 5) is 18.7. The van der Waals surface area contributed by atoms with Gasteiger partial charge in [-0.2, -0.15) is 0 Å². The number of nitrogens with two attached hydrogens (primary N) is 1. The molecule has 1 aliphatic heterocycles. The van der Waals surface area contributed by atoms with Crippen LogP contribution in [0, 0.1) is 5.92 Å². The number of likely N-dealkylation sites (tertiary alicyclic amines) is 1. The molecule has 1 aromatic heterocycles. The van der Waals surface area contributed by atoms with Crippen LogP contribution in [0.4, 0.5) is 5.82 Å². The number of nitrogens with zero attached hydrogens (tertiary/aromatic N) is 2. The molecular weight excluding hydrogens is 240 g/mol. The summed E-state index contributed by atoms with van der Waals surface area (Å²) in [7, 11) is 0. The second-order valence-corrected chi connectivity index (χ2v) is 5.04. The Balaban J connectivity index is 2.19. The lowest BCUT2D eigenvalue weighted by Gasteiger charge is -2.17. The van der Waals surface area contributed by atoms with Gasteiger partial charge in [-0.25, -0.2) is 10.8 Å². The molecule has 5 heteroatoms. The molecule has 1 saturated heterocycles. The van der Waals surface area contributed by atoms with E-state index in [1.54, 1.807) is 6.07 Å². The van der Waals surface area contributed by atoms with E-state index in [-0.39, 0.29) is 5.91 Å². The number of rotatable bonds is 4. The molecule has 1 atom stereocenters. The summed E-state index contributed by atoms with van der Waals surface area (Å²) in [6.45, 7) is 5.91. The van der Waals surface area contributed by atoms with Crippen molar-refractivity contribution in [3.8, 4) is 0 Å². The van der Waals surface area contributed by atoms with Crippen molar-refractivity contribution >= 4 is 11.7 Å². The number of nitrogen functional groups attached to an aromatic ring is 1. The molecule has 5 nitrogen and oxygen atoms in total. The molecular formula is C14H22N4O. The highest BCUT2D eigenvalue weighted by atomic mass is 16.2. The lowest BCUT2D eigenvalue weighted by atomic mass is 10.1. The molecule has 1 amide bonds. The lowest BCUT2D eigenvalue weighted by Crippen LogP contribution is -2.29. The molecule has 3 N–H and O–H groups in total. The van der Waals surface area contributed by atoms with Gasteiger partial charge in [-0.15, -0.1) is 0 Å². The molecule has 2 heterocycles. The zero-order valence-electron chi connectivity index (χ0n) is 11.6. The van der Waals surface area contributed by atoms with E-state index in [9.17, 15) is 4.79 Å². The number of pyridine rings is 1. The predicted molar refractivity (Wildman–Crippen MR) is 75.7 cm³/mol. The first-order valence-electron chi connectivity index (χ1n) is 6.94. The largest absolute Gasteiger partial charge is 0.338 e. The summed E-state index contributed by atoms with van der Waals surface area (Å²) in [6.07, 6.45) is 3.03. The summed E-state index contributed by atoms with van der Waals surface area (Å²) in [6, 6.07) is 3.59. The van der Waals surface area contributed by atoms with Gasteiger partial charge in [0.1, 0.15) is 5.82 Å². The minimum Gasteiger partial charge on any atom is -0.338 e. The van der Waals surface area contributed by atoms with Gasteiger partial charge in [-0.1, -0.05) is 20.3 Å². The number of anilines is 1. The molecule has 0 bridgehead atoms. The fraction of sp³-hybridized carbons (Fsp3) is 0.571. The van der Waals surface area contributed by atoms with Crippen LogP contribution >= 0.6 is 0 Å². The third-order valence-electron chi connectivity index (χ3n) is 3.79. The van der Waals surface area contributed by atoms with Gasteiger partial charge in [0, 0.05) is 24.3 Å². The van der Waals surface area contributed by atoms with Gasteiger partial charge in [0.2, 0.25) is 0 Å². The van der Waals surface area contributed by atoms with Gasteiger partial charge in [-0.3, -0.25) is 4.79 Å². The van der Waals surface area contributed by atoms with Crippen LogP contribution in [-0.4, -0.2) is 28.9 Å². The number of amides is 1. The van der Waals surface area contributed by atoms with E-state index >= 15 is 0 Å². The molecule has 0 aliphatic carbocycles. The van der Waals surface area contributed by atoms with Crippen molar-refractivity contribution in [2.75, 3.05) is 18.5 Å². The zero-order chi connectivity index (χ0) is 13.8. The summed E-state index contributed by atoms with van der Waals surface area (Å²) in [5.41, 5.74) is 4.08. The molecule has 1 aromatic rings. The quantitative estimate of drug-likeness (QED) is 0.641. The van der Waals surface area contributed by atoms with E-state index in [0.29, 0.717) is 17.3 Å². The third kappa shape index (κ3) is 3.04. The highest BCUT2D eigenvalue weighted by Gasteiger charge is 2.26. The second kappa shape index (κ2) is 6.02. The number of nitrogens with one attached hydrogen (secondary N) is 1. The van der Waals surface area contributed by atoms with E-state index in [2.05, 4.69) is 17.3 Å². The molecule has 1 fully saturated rings. The summed E-state index contributed by atoms with van der Waals surface area (Å²) in [5, 5.41) is 0. The van der Waals surface area contributed by atoms with Crippen LogP contribution in [0.5, 0.6) is 0 Å². The average molecular weight is 262 g/mol. The summed E-state index contributed by atoms with van der Waals surface area (Å²) < 4.78 is 0. The van der Waals surface area contributed by atoms with E-state index in [1.807, 2.05) is 17.9 Å². The van der Waals surface area contributed by atoms with Gasteiger partial charge >= 0.3 is 0 Å². The number of carbonyl (C=O) groups is 1. The Bertz CT molecular complexity index is 439. The van der Waals surface area contributed by atoms with E-state index in [0.717, 1.165) is 38.0 Å². The maximum Gasteiger partial charge on any atom is 0.254 e. The van der Waals surface area contributed by atoms with Crippen molar-refractivity contribution < 1.29 is 4.79 Å². The number of hydrogen-bond acceptors (Lipinski definition) is 4. The van der Waals surface area contributed by atoms with Crippen LogP contribution in [0.3, 0.4) is 0 Å². The lowest BCUT2D eigenvalue weighted by molar-refractivity contribution is 0.0786. The van der Waals surface area contributed by atoms with Gasteiger partial charge < -0.3 is 10.3 Å². The summed E-state index contributed by atoms with van der Waals surface area (Å²) in [5.74, 6) is 6.68. The van der Waals surface area contributed by atoms with E-state index < -0.39 is 0 Å². The highest BCUT2D eigenvalue weighted by Crippen LogP contribution is 2.22. The van der Waals surface area contributed by atoms with E-state index in [1.165, 1.54) is 0 Å². The molecule has 104 valence electrons. The smallest absolute Gasteiger partial charge is 0.254 e. The van der Waals surface area contributed by atoms with Gasteiger partial charge in [-0.05, 0) is 30.9 Å². The number of aromatic nitrogens is 1. The van der Waals surface area contributed by atoms with Crippen LogP contribution < -0.4 is 11.3 Å². The Kier molecular flexibility index (Phi) is 4.37. The van der Waals surface area contributed by atoms with Crippen molar-refractivity contribution in [3.05, 3.63) is 23.4 Å². The number of hydrazine groups is 1. The van der Waals surface area contributed by atoms with Gasteiger partial charge in [0.05, 0.1) is 0 Å². The predicted octanol–water partition coefficient (Wildman–Crippen LogP) is 1.80. The first-order chi connectivity index (χ1) is 9.17. The minimum atomic E-state index is 0.0875. The van der Waals surface area contributed by atoms with Gasteiger partial charge in [0.25, 0.3) is 5.91 Å². The average Bonchev–Trinajstić information content (AvgIpc) is 2.94. The van der Waals surface area contributed by atoms with Crippen LogP contribution in [-0.2, 0) is 6.42 Å². The minimum absolute atomic E-state index is 0.0875. The molecule has 0 saturated carbocycles. The van der Waals surface area contributed by atoms with Crippen LogP contribution in [0.25, 0.3) is 0 Å². The van der Waals surface area contributed by atoms with Crippen molar-refractivity contribution in [1.82, 2.24) is 9.88 Å². The van der Waals surface area contributed by atoms with E-state index in [4.69, 9.17) is 5.84 Å². The normalized spacial score (nSPS) is 18.7. The first kappa shape index (κ1) is 13.8. The monoisotopic (exact) mass is 262 g/mol.